The van der Waals surface area contributed by atoms with E-state index in [4.69, 9.17) is 10.5 Å². The lowest BCUT2D eigenvalue weighted by Gasteiger charge is -2.09. The van der Waals surface area contributed by atoms with Gasteiger partial charge in [0, 0.05) is 12.4 Å². The van der Waals surface area contributed by atoms with Gasteiger partial charge >= 0.3 is 5.97 Å². The molecule has 0 bridgehead atoms. The Morgan fingerprint density at radius 3 is 2.50 bits per heavy atom. The molecule has 0 aliphatic carbocycles. The summed E-state index contributed by atoms with van der Waals surface area (Å²) >= 11 is 0. The first-order chi connectivity index (χ1) is 6.74. The van der Waals surface area contributed by atoms with Gasteiger partial charge in [0.05, 0.1) is 6.61 Å². The highest BCUT2D eigenvalue weighted by Gasteiger charge is 2.14. The Hall–Kier alpha value is -0.840. The van der Waals surface area contributed by atoms with Crippen molar-refractivity contribution in [1.82, 2.24) is 4.98 Å². The summed E-state index contributed by atoms with van der Waals surface area (Å²) in [5.41, 5.74) is 6.63. The van der Waals surface area contributed by atoms with Gasteiger partial charge in [-0.2, -0.15) is 0 Å². The van der Waals surface area contributed by atoms with Gasteiger partial charge in [0.15, 0.2) is 0 Å². The maximum absolute atomic E-state index is 11.2. The second kappa shape index (κ2) is 9.39. The minimum atomic E-state index is -0.586. The van der Waals surface area contributed by atoms with Crippen molar-refractivity contribution >= 4 is 30.8 Å². The van der Waals surface area contributed by atoms with Crippen molar-refractivity contribution in [3.63, 3.8) is 0 Å². The third-order valence-electron chi connectivity index (χ3n) is 1.79. The second-order valence-electron chi connectivity index (χ2n) is 2.92. The molecular formula is C10H16Cl2N2O2. The fourth-order valence-electron chi connectivity index (χ4n) is 1.11. The van der Waals surface area contributed by atoms with Gasteiger partial charge in [-0.05, 0) is 31.0 Å². The van der Waals surface area contributed by atoms with E-state index >= 15 is 0 Å². The van der Waals surface area contributed by atoms with Crippen LogP contribution in [0.15, 0.2) is 24.5 Å². The zero-order valence-corrected chi connectivity index (χ0v) is 10.6. The van der Waals surface area contributed by atoms with Crippen molar-refractivity contribution in [2.75, 3.05) is 6.61 Å². The van der Waals surface area contributed by atoms with Crippen molar-refractivity contribution in [3.05, 3.63) is 30.1 Å². The Kier molecular flexibility index (Phi) is 10.3. The van der Waals surface area contributed by atoms with Gasteiger partial charge in [-0.25, -0.2) is 0 Å². The summed E-state index contributed by atoms with van der Waals surface area (Å²) in [6, 6.07) is 3.08. The molecule has 1 atom stereocenters. The van der Waals surface area contributed by atoms with Crippen LogP contribution in [0.1, 0.15) is 12.5 Å². The van der Waals surface area contributed by atoms with Gasteiger partial charge < -0.3 is 10.5 Å². The quantitative estimate of drug-likeness (QED) is 0.836. The molecule has 0 aliphatic rings. The lowest BCUT2D eigenvalue weighted by Crippen LogP contribution is -2.34. The van der Waals surface area contributed by atoms with E-state index in [2.05, 4.69) is 4.98 Å². The molecule has 0 saturated carbocycles. The molecule has 0 unspecified atom stereocenters. The predicted molar refractivity (Wildman–Crippen MR) is 67.0 cm³/mol. The summed E-state index contributed by atoms with van der Waals surface area (Å²) in [7, 11) is 0. The molecule has 0 aromatic carbocycles. The Morgan fingerprint density at radius 1 is 1.44 bits per heavy atom. The van der Waals surface area contributed by atoms with E-state index in [-0.39, 0.29) is 30.8 Å². The van der Waals surface area contributed by atoms with Gasteiger partial charge in [-0.1, -0.05) is 0 Å². The summed E-state index contributed by atoms with van der Waals surface area (Å²) in [6.45, 7) is 2.12. The molecule has 1 heterocycles. The molecule has 1 aromatic heterocycles. The molecule has 16 heavy (non-hydrogen) atoms. The number of ether oxygens (including phenoxy) is 1. The number of halogens is 2. The molecule has 1 rings (SSSR count). The topological polar surface area (TPSA) is 65.2 Å². The second-order valence-corrected chi connectivity index (χ2v) is 2.92. The Labute approximate surface area is 107 Å². The first-order valence-corrected chi connectivity index (χ1v) is 4.55. The number of carbonyl (C=O) groups excluding carboxylic acids is 1. The van der Waals surface area contributed by atoms with Crippen molar-refractivity contribution in [1.29, 1.82) is 0 Å². The van der Waals surface area contributed by atoms with E-state index in [1.807, 2.05) is 12.1 Å². The van der Waals surface area contributed by atoms with Gasteiger partial charge in [0.1, 0.15) is 6.04 Å². The third kappa shape index (κ3) is 5.90. The zero-order valence-electron chi connectivity index (χ0n) is 8.96. The molecule has 92 valence electrons. The molecule has 0 aliphatic heterocycles. The predicted octanol–water partition coefficient (Wildman–Crippen LogP) is 1.36. The van der Waals surface area contributed by atoms with Crippen LogP contribution in [-0.4, -0.2) is 23.6 Å². The molecular weight excluding hydrogens is 251 g/mol. The van der Waals surface area contributed by atoms with E-state index in [9.17, 15) is 4.79 Å². The third-order valence-corrected chi connectivity index (χ3v) is 1.79. The van der Waals surface area contributed by atoms with Gasteiger partial charge in [-0.3, -0.25) is 9.78 Å². The molecule has 2 N–H and O–H groups in total. The van der Waals surface area contributed by atoms with Crippen LogP contribution in [0.3, 0.4) is 0 Å². The van der Waals surface area contributed by atoms with E-state index in [1.54, 1.807) is 19.3 Å². The average Bonchev–Trinajstić information content (AvgIpc) is 2.19. The van der Waals surface area contributed by atoms with Crippen molar-refractivity contribution in [2.45, 2.75) is 19.4 Å². The summed E-state index contributed by atoms with van der Waals surface area (Å²) in [5, 5.41) is 0. The number of hydrogen-bond donors (Lipinski definition) is 1. The van der Waals surface area contributed by atoms with E-state index in [0.29, 0.717) is 13.0 Å². The molecule has 1 aromatic rings. The minimum Gasteiger partial charge on any atom is -0.465 e. The maximum Gasteiger partial charge on any atom is 0.323 e. The first kappa shape index (κ1) is 17.6. The van der Waals surface area contributed by atoms with Crippen molar-refractivity contribution in [2.24, 2.45) is 5.73 Å². The van der Waals surface area contributed by atoms with Crippen molar-refractivity contribution < 1.29 is 9.53 Å². The van der Waals surface area contributed by atoms with Crippen LogP contribution >= 0.6 is 24.8 Å². The number of aromatic nitrogens is 1. The number of carbonyl (C=O) groups is 1. The van der Waals surface area contributed by atoms with Crippen LogP contribution in [0.25, 0.3) is 0 Å². The van der Waals surface area contributed by atoms with Crippen LogP contribution in [0.2, 0.25) is 0 Å². The highest BCUT2D eigenvalue weighted by molar-refractivity contribution is 5.85. The summed E-state index contributed by atoms with van der Waals surface area (Å²) < 4.78 is 4.80. The fraction of sp³-hybridized carbons (Fsp3) is 0.400. The maximum atomic E-state index is 11.2. The summed E-state index contributed by atoms with van der Waals surface area (Å²) in [5.74, 6) is -0.357. The van der Waals surface area contributed by atoms with E-state index in [0.717, 1.165) is 5.56 Å². The van der Waals surface area contributed by atoms with Crippen LogP contribution in [0, 0.1) is 0 Å². The molecule has 0 fully saturated rings. The van der Waals surface area contributed by atoms with Gasteiger partial charge in [-0.15, -0.1) is 24.8 Å². The SMILES string of the molecule is CCOC(=O)[C@@H](N)Cc1ccncc1.Cl.Cl. The fourth-order valence-corrected chi connectivity index (χ4v) is 1.11. The molecule has 0 radical (unpaired) electrons. The molecule has 4 nitrogen and oxygen atoms in total. The summed E-state index contributed by atoms with van der Waals surface area (Å²) in [4.78, 5) is 15.1. The molecule has 0 saturated heterocycles. The lowest BCUT2D eigenvalue weighted by molar-refractivity contribution is -0.144. The van der Waals surface area contributed by atoms with Crippen LogP contribution in [-0.2, 0) is 16.0 Å². The van der Waals surface area contributed by atoms with Gasteiger partial charge in [0.25, 0.3) is 0 Å². The van der Waals surface area contributed by atoms with Gasteiger partial charge in [0.2, 0.25) is 0 Å². The smallest absolute Gasteiger partial charge is 0.323 e. The van der Waals surface area contributed by atoms with Crippen LogP contribution in [0.4, 0.5) is 0 Å². The Balaban J connectivity index is 0. The Bertz CT molecular complexity index is 296. The highest BCUT2D eigenvalue weighted by Crippen LogP contribution is 2.01. The Morgan fingerprint density at radius 2 is 2.00 bits per heavy atom. The van der Waals surface area contributed by atoms with E-state index < -0.39 is 6.04 Å². The number of rotatable bonds is 4. The minimum absolute atomic E-state index is 0. The molecule has 6 heteroatoms. The van der Waals surface area contributed by atoms with Crippen molar-refractivity contribution in [3.8, 4) is 0 Å². The zero-order chi connectivity index (χ0) is 10.4. The average molecular weight is 267 g/mol. The largest absolute Gasteiger partial charge is 0.465 e. The molecule has 0 amide bonds. The number of esters is 1. The monoisotopic (exact) mass is 266 g/mol. The summed E-state index contributed by atoms with van der Waals surface area (Å²) in [6.07, 6.45) is 3.84. The number of hydrogen-bond acceptors (Lipinski definition) is 4. The lowest BCUT2D eigenvalue weighted by atomic mass is 10.1. The number of pyridine rings is 1. The highest BCUT2D eigenvalue weighted by atomic mass is 35.5. The first-order valence-electron chi connectivity index (χ1n) is 4.55. The van der Waals surface area contributed by atoms with E-state index in [1.165, 1.54) is 0 Å². The number of nitrogens with zero attached hydrogens (tertiary/aromatic N) is 1. The standard InChI is InChI=1S/C10H14N2O2.2ClH/c1-2-14-10(13)9(11)7-8-3-5-12-6-4-8;;/h3-6,9H,2,7,11H2,1H3;2*1H/t9-;;/m0../s1. The number of nitrogens with two attached hydrogens (primary N) is 1. The van der Waals surface area contributed by atoms with Crippen LogP contribution < -0.4 is 5.73 Å². The normalized spacial score (nSPS) is 10.6. The van der Waals surface area contributed by atoms with Crippen LogP contribution in [0.5, 0.6) is 0 Å². The molecule has 0 spiro atoms.